The molecule has 4 aromatic rings. The summed E-state index contributed by atoms with van der Waals surface area (Å²) < 4.78 is 40.6. The molecule has 1 atom stereocenters. The molecule has 0 bridgehead atoms. The molecule has 1 aliphatic rings. The Bertz CT molecular complexity index is 1270. The van der Waals surface area contributed by atoms with Crippen LogP contribution in [0.4, 0.5) is 8.78 Å². The smallest absolute Gasteiger partial charge is 0.193 e. The molecule has 32 heavy (non-hydrogen) atoms. The van der Waals surface area contributed by atoms with Crippen molar-refractivity contribution in [3.8, 4) is 22.3 Å². The fraction of sp³-hybridized carbons (Fsp3) is 0.318. The number of aromatic nitrogens is 4. The molecule has 0 spiro atoms. The van der Waals surface area contributed by atoms with Crippen molar-refractivity contribution in [2.75, 3.05) is 20.8 Å². The molecule has 0 unspecified atom stereocenters. The Morgan fingerprint density at radius 1 is 1.06 bits per heavy atom. The highest BCUT2D eigenvalue weighted by Gasteiger charge is 2.30. The summed E-state index contributed by atoms with van der Waals surface area (Å²) in [5, 5.41) is 9.38. The molecule has 0 saturated heterocycles. The second kappa shape index (κ2) is 8.10. The third-order valence-corrected chi connectivity index (χ3v) is 6.82. The average Bonchev–Trinajstić information content (AvgIpc) is 3.40. The predicted octanol–water partition coefficient (Wildman–Crippen LogP) is 4.43. The van der Waals surface area contributed by atoms with Gasteiger partial charge in [0.15, 0.2) is 28.3 Å². The Balaban J connectivity index is 1.43. The van der Waals surface area contributed by atoms with Crippen LogP contribution in [0.5, 0.6) is 11.5 Å². The topological polar surface area (TPSA) is 65.3 Å². The standard InChI is InChI=1S/C22H21F2N5O2S/c1-12-20-26-27-21(22-25-17-9-15(23)16(24)10-19(17)32-22)29(20)7-6-28(12)11-13-4-5-14(30-2)8-18(13)31-3/h4-5,8-10,12H,6-7,11H2,1-3H3/t12-/m1/s1. The van der Waals surface area contributed by atoms with Crippen LogP contribution in [-0.4, -0.2) is 45.4 Å². The van der Waals surface area contributed by atoms with E-state index in [-0.39, 0.29) is 6.04 Å². The number of fused-ring (bicyclic) bond motifs is 2. The highest BCUT2D eigenvalue weighted by atomic mass is 32.1. The van der Waals surface area contributed by atoms with Crippen LogP contribution < -0.4 is 9.47 Å². The fourth-order valence-corrected chi connectivity index (χ4v) is 4.99. The van der Waals surface area contributed by atoms with Crippen molar-refractivity contribution >= 4 is 21.6 Å². The van der Waals surface area contributed by atoms with Gasteiger partial charge in [-0.25, -0.2) is 13.8 Å². The molecule has 166 valence electrons. The first-order valence-corrected chi connectivity index (χ1v) is 10.9. The van der Waals surface area contributed by atoms with Crippen LogP contribution in [0.2, 0.25) is 0 Å². The van der Waals surface area contributed by atoms with Gasteiger partial charge < -0.3 is 14.0 Å². The molecule has 0 radical (unpaired) electrons. The minimum absolute atomic E-state index is 0.0149. The number of rotatable bonds is 5. The summed E-state index contributed by atoms with van der Waals surface area (Å²) in [4.78, 5) is 6.77. The largest absolute Gasteiger partial charge is 0.497 e. The molecule has 2 aromatic heterocycles. The van der Waals surface area contributed by atoms with Gasteiger partial charge in [-0.1, -0.05) is 6.07 Å². The van der Waals surface area contributed by atoms with Crippen LogP contribution in [0.15, 0.2) is 30.3 Å². The molecular formula is C22H21F2N5O2S. The van der Waals surface area contributed by atoms with Gasteiger partial charge in [0.2, 0.25) is 0 Å². The lowest BCUT2D eigenvalue weighted by Crippen LogP contribution is -2.36. The summed E-state index contributed by atoms with van der Waals surface area (Å²) in [5.74, 6) is 1.19. The van der Waals surface area contributed by atoms with E-state index in [0.717, 1.165) is 35.5 Å². The first-order chi connectivity index (χ1) is 15.5. The Morgan fingerprint density at radius 2 is 1.88 bits per heavy atom. The quantitative estimate of drug-likeness (QED) is 0.442. The van der Waals surface area contributed by atoms with Crippen molar-refractivity contribution in [1.82, 2.24) is 24.6 Å². The van der Waals surface area contributed by atoms with Gasteiger partial charge in [-0.15, -0.1) is 21.5 Å². The third-order valence-electron chi connectivity index (χ3n) is 5.80. The van der Waals surface area contributed by atoms with Crippen molar-refractivity contribution in [3.63, 3.8) is 0 Å². The molecule has 0 saturated carbocycles. The molecule has 10 heteroatoms. The number of hydrogen-bond donors (Lipinski definition) is 0. The van der Waals surface area contributed by atoms with Crippen molar-refractivity contribution < 1.29 is 18.3 Å². The van der Waals surface area contributed by atoms with Gasteiger partial charge in [0.1, 0.15) is 11.5 Å². The molecule has 0 aliphatic carbocycles. The summed E-state index contributed by atoms with van der Waals surface area (Å²) in [7, 11) is 3.28. The molecule has 0 N–H and O–H groups in total. The monoisotopic (exact) mass is 457 g/mol. The summed E-state index contributed by atoms with van der Waals surface area (Å²) >= 11 is 1.28. The number of thiazole rings is 1. The number of hydrogen-bond acceptors (Lipinski definition) is 7. The summed E-state index contributed by atoms with van der Waals surface area (Å²) in [6.07, 6.45) is 0. The van der Waals surface area contributed by atoms with Gasteiger partial charge in [0, 0.05) is 37.3 Å². The predicted molar refractivity (Wildman–Crippen MR) is 117 cm³/mol. The maximum absolute atomic E-state index is 13.6. The van der Waals surface area contributed by atoms with Gasteiger partial charge in [0.05, 0.1) is 30.5 Å². The van der Waals surface area contributed by atoms with E-state index in [0.29, 0.717) is 34.1 Å². The molecule has 7 nitrogen and oxygen atoms in total. The zero-order valence-electron chi connectivity index (χ0n) is 17.8. The lowest BCUT2D eigenvalue weighted by Gasteiger charge is -2.33. The second-order valence-electron chi connectivity index (χ2n) is 7.61. The number of ether oxygens (including phenoxy) is 2. The summed E-state index contributed by atoms with van der Waals surface area (Å²) in [6.45, 7) is 4.24. The fourth-order valence-electron chi connectivity index (χ4n) is 4.02. The highest BCUT2D eigenvalue weighted by Crippen LogP contribution is 2.35. The number of methoxy groups -OCH3 is 2. The summed E-state index contributed by atoms with van der Waals surface area (Å²) in [5.41, 5.74) is 1.47. The minimum atomic E-state index is -0.907. The first-order valence-electron chi connectivity index (χ1n) is 10.1. The lowest BCUT2D eigenvalue weighted by molar-refractivity contribution is 0.155. The van der Waals surface area contributed by atoms with Gasteiger partial charge in [-0.2, -0.15) is 0 Å². The van der Waals surface area contributed by atoms with Crippen molar-refractivity contribution in [2.24, 2.45) is 0 Å². The molecular weight excluding hydrogens is 436 g/mol. The molecule has 5 rings (SSSR count). The molecule has 0 amide bonds. The Morgan fingerprint density at radius 3 is 2.66 bits per heavy atom. The number of halogens is 2. The van der Waals surface area contributed by atoms with E-state index in [1.165, 1.54) is 17.4 Å². The van der Waals surface area contributed by atoms with E-state index in [9.17, 15) is 8.78 Å². The van der Waals surface area contributed by atoms with Crippen LogP contribution in [0.1, 0.15) is 24.4 Å². The van der Waals surface area contributed by atoms with E-state index < -0.39 is 11.6 Å². The molecule has 2 aromatic carbocycles. The average molecular weight is 458 g/mol. The Kier molecular flexibility index (Phi) is 5.26. The van der Waals surface area contributed by atoms with Gasteiger partial charge in [0.25, 0.3) is 0 Å². The van der Waals surface area contributed by atoms with E-state index >= 15 is 0 Å². The lowest BCUT2D eigenvalue weighted by atomic mass is 10.1. The molecule has 1 aliphatic heterocycles. The number of benzene rings is 2. The maximum atomic E-state index is 13.6. The van der Waals surface area contributed by atoms with E-state index in [2.05, 4.69) is 27.0 Å². The zero-order valence-corrected chi connectivity index (χ0v) is 18.6. The SMILES string of the molecule is COc1ccc(CN2CCn3c(-c4nc5cc(F)c(F)cc5s4)nnc3[C@H]2C)c(OC)c1. The first kappa shape index (κ1) is 20.8. The minimum Gasteiger partial charge on any atom is -0.497 e. The van der Waals surface area contributed by atoms with Crippen LogP contribution >= 0.6 is 11.3 Å². The molecule has 0 fully saturated rings. The van der Waals surface area contributed by atoms with Crippen LogP contribution in [-0.2, 0) is 13.1 Å². The van der Waals surface area contributed by atoms with Gasteiger partial charge in [-0.05, 0) is 19.1 Å². The van der Waals surface area contributed by atoms with Crippen molar-refractivity contribution in [2.45, 2.75) is 26.1 Å². The molecule has 3 heterocycles. The Hall–Kier alpha value is -3.11. The van der Waals surface area contributed by atoms with Crippen LogP contribution in [0.3, 0.4) is 0 Å². The van der Waals surface area contributed by atoms with E-state index in [1.807, 2.05) is 22.8 Å². The van der Waals surface area contributed by atoms with Crippen molar-refractivity contribution in [1.29, 1.82) is 0 Å². The normalized spacial score (nSPS) is 16.3. The Labute approximate surface area is 187 Å². The highest BCUT2D eigenvalue weighted by molar-refractivity contribution is 7.21. The maximum Gasteiger partial charge on any atom is 0.193 e. The van der Waals surface area contributed by atoms with Gasteiger partial charge >= 0.3 is 0 Å². The van der Waals surface area contributed by atoms with Crippen molar-refractivity contribution in [3.05, 3.63) is 53.4 Å². The second-order valence-corrected chi connectivity index (χ2v) is 8.64. The third kappa shape index (κ3) is 3.49. The van der Waals surface area contributed by atoms with E-state index in [4.69, 9.17) is 9.47 Å². The number of nitrogens with zero attached hydrogens (tertiary/aromatic N) is 5. The summed E-state index contributed by atoms with van der Waals surface area (Å²) in [6, 6.07) is 8.11. The zero-order chi connectivity index (χ0) is 22.4. The van der Waals surface area contributed by atoms with Crippen LogP contribution in [0.25, 0.3) is 21.0 Å². The van der Waals surface area contributed by atoms with Gasteiger partial charge in [-0.3, -0.25) is 4.90 Å². The van der Waals surface area contributed by atoms with Crippen LogP contribution in [0, 0.1) is 11.6 Å². The van der Waals surface area contributed by atoms with E-state index in [1.54, 1.807) is 14.2 Å².